The fourth-order valence-electron chi connectivity index (χ4n) is 0. The molecule has 0 bridgehead atoms. The molecule has 0 atom stereocenters. The highest BCUT2D eigenvalue weighted by Crippen LogP contribution is 1.63. The monoisotopic (exact) mass is 110 g/mol. The van der Waals surface area contributed by atoms with Crippen LogP contribution in [0.3, 0.4) is 0 Å². The van der Waals surface area contributed by atoms with Gasteiger partial charge in [-0.25, -0.2) is 0 Å². The van der Waals surface area contributed by atoms with Gasteiger partial charge in [-0.3, -0.25) is 0 Å². The second kappa shape index (κ2) is 1.55. The summed E-state index contributed by atoms with van der Waals surface area (Å²) in [6.45, 7) is 0. The molecule has 0 rings (SSSR count). The Morgan fingerprint density at radius 2 is 1.67 bits per heavy atom. The van der Waals surface area contributed by atoms with Gasteiger partial charge in [-0.1, -0.05) is 4.55 Å². The molecule has 1 N–H and O–H groups in total. The predicted molar refractivity (Wildman–Crippen MR) is 18.7 cm³/mol. The highest BCUT2D eigenvalue weighted by Gasteiger charge is 1.95. The van der Waals surface area contributed by atoms with Gasteiger partial charge < -0.3 is 0 Å². The fourth-order valence-corrected chi connectivity index (χ4v) is 0. The number of hydrogen-bond acceptors (Lipinski definition) is 2. The molecule has 0 spiro atoms. The van der Waals surface area contributed by atoms with E-state index in [1.165, 1.54) is 4.72 Å². The Labute approximate surface area is 36.1 Å². The SMILES string of the molecule is CNS([O])(=O)=O. The predicted octanol–water partition coefficient (Wildman–Crippen LogP) is -1.12. The second-order valence-corrected chi connectivity index (χ2v) is 1.97. The first-order valence-electron chi connectivity index (χ1n) is 1.20. The summed E-state index contributed by atoms with van der Waals surface area (Å²) in [5.74, 6) is 0. The smallest absolute Gasteiger partial charge is 0.193 e. The molecule has 37 valence electrons. The van der Waals surface area contributed by atoms with Gasteiger partial charge in [0, 0.05) is 7.05 Å². The minimum absolute atomic E-state index is 1.06. The summed E-state index contributed by atoms with van der Waals surface area (Å²) in [4.78, 5) is 0. The lowest BCUT2D eigenvalue weighted by atomic mass is 11.6. The molecule has 0 fully saturated rings. The lowest BCUT2D eigenvalue weighted by molar-refractivity contribution is 0.406. The van der Waals surface area contributed by atoms with Gasteiger partial charge in [-0.2, -0.15) is 13.1 Å². The maximum absolute atomic E-state index is 9.33. The van der Waals surface area contributed by atoms with Gasteiger partial charge in [0.2, 0.25) is 0 Å². The van der Waals surface area contributed by atoms with Crippen LogP contribution in [-0.4, -0.2) is 15.5 Å². The van der Waals surface area contributed by atoms with E-state index in [1.54, 1.807) is 0 Å². The van der Waals surface area contributed by atoms with Gasteiger partial charge in [0.1, 0.15) is 0 Å². The quantitative estimate of drug-likeness (QED) is 0.464. The first kappa shape index (κ1) is 5.87. The Hall–Kier alpha value is -0.130. The molecule has 0 aromatic heterocycles. The van der Waals surface area contributed by atoms with Crippen LogP contribution in [-0.2, 0) is 14.9 Å². The van der Waals surface area contributed by atoms with Crippen molar-refractivity contribution in [2.24, 2.45) is 0 Å². The van der Waals surface area contributed by atoms with Crippen LogP contribution in [0.2, 0.25) is 0 Å². The van der Waals surface area contributed by atoms with Gasteiger partial charge in [-0.05, 0) is 0 Å². The summed E-state index contributed by atoms with van der Waals surface area (Å²) < 4.78 is 29.5. The maximum atomic E-state index is 9.33. The molecule has 0 heterocycles. The molecule has 5 heteroatoms. The molecule has 0 aromatic rings. The van der Waals surface area contributed by atoms with Crippen molar-refractivity contribution in [2.45, 2.75) is 0 Å². The molecule has 0 aromatic carbocycles. The molecular formula is CH4NO3S. The van der Waals surface area contributed by atoms with Crippen molar-refractivity contribution >= 4 is 10.3 Å². The van der Waals surface area contributed by atoms with E-state index in [1.807, 2.05) is 0 Å². The molecule has 0 aliphatic heterocycles. The van der Waals surface area contributed by atoms with E-state index in [0.29, 0.717) is 0 Å². The van der Waals surface area contributed by atoms with E-state index >= 15 is 0 Å². The zero-order valence-corrected chi connectivity index (χ0v) is 3.95. The highest BCUT2D eigenvalue weighted by atomic mass is 32.2. The standard InChI is InChI=1S/CH4NO3S/c1-2-6(3,4)5/h2H,1H3. The normalized spacial score (nSPS) is 11.7. The molecule has 1 radical (unpaired) electrons. The molecule has 0 aliphatic carbocycles. The summed E-state index contributed by atoms with van der Waals surface area (Å²) >= 11 is 0. The lowest BCUT2D eigenvalue weighted by Gasteiger charge is -1.79. The Bertz CT molecular complexity index is 113. The molecule has 0 amide bonds. The van der Waals surface area contributed by atoms with Gasteiger partial charge in [-0.15, -0.1) is 0 Å². The van der Waals surface area contributed by atoms with Crippen LogP contribution in [0.15, 0.2) is 0 Å². The summed E-state index contributed by atoms with van der Waals surface area (Å²) in [5, 5.41) is 0. The summed E-state index contributed by atoms with van der Waals surface area (Å²) in [5.41, 5.74) is 0. The fraction of sp³-hybridized carbons (Fsp3) is 1.00. The van der Waals surface area contributed by atoms with Crippen molar-refractivity contribution in [3.63, 3.8) is 0 Å². The van der Waals surface area contributed by atoms with Crippen LogP contribution in [0.4, 0.5) is 0 Å². The molecule has 0 aliphatic rings. The number of hydrogen-bond donors (Lipinski definition) is 1. The largest absolute Gasteiger partial charge is 0.363 e. The molecule has 6 heavy (non-hydrogen) atoms. The summed E-state index contributed by atoms with van der Waals surface area (Å²) in [6.07, 6.45) is 0. The minimum Gasteiger partial charge on any atom is -0.193 e. The average molecular weight is 110 g/mol. The Kier molecular flexibility index (Phi) is 1.51. The zero-order chi connectivity index (χ0) is 5.21. The van der Waals surface area contributed by atoms with Gasteiger partial charge in [0.15, 0.2) is 0 Å². The van der Waals surface area contributed by atoms with Crippen molar-refractivity contribution in [3.05, 3.63) is 0 Å². The Morgan fingerprint density at radius 3 is 1.67 bits per heavy atom. The Morgan fingerprint density at radius 1 is 1.50 bits per heavy atom. The highest BCUT2D eigenvalue weighted by molar-refractivity contribution is 7.83. The van der Waals surface area contributed by atoms with E-state index in [0.717, 1.165) is 7.05 Å². The van der Waals surface area contributed by atoms with Gasteiger partial charge in [0.25, 0.3) is 0 Å². The van der Waals surface area contributed by atoms with Crippen molar-refractivity contribution in [2.75, 3.05) is 7.05 Å². The third-order valence-electron chi connectivity index (χ3n) is 0.250. The van der Waals surface area contributed by atoms with Gasteiger partial charge >= 0.3 is 10.3 Å². The van der Waals surface area contributed by atoms with Crippen LogP contribution in [0, 0.1) is 0 Å². The summed E-state index contributed by atoms with van der Waals surface area (Å²) in [7, 11) is -3.10. The van der Waals surface area contributed by atoms with E-state index in [-0.39, 0.29) is 0 Å². The summed E-state index contributed by atoms with van der Waals surface area (Å²) in [6, 6.07) is 0. The van der Waals surface area contributed by atoms with Crippen molar-refractivity contribution in [3.8, 4) is 0 Å². The van der Waals surface area contributed by atoms with Crippen molar-refractivity contribution < 1.29 is 13.0 Å². The van der Waals surface area contributed by atoms with Crippen LogP contribution in [0.5, 0.6) is 0 Å². The lowest BCUT2D eigenvalue weighted by Crippen LogP contribution is -2.14. The van der Waals surface area contributed by atoms with Crippen LogP contribution >= 0.6 is 0 Å². The van der Waals surface area contributed by atoms with E-state index < -0.39 is 10.3 Å². The van der Waals surface area contributed by atoms with E-state index in [9.17, 15) is 13.0 Å². The number of rotatable bonds is 1. The van der Waals surface area contributed by atoms with Gasteiger partial charge in [0.05, 0.1) is 0 Å². The Balaban J connectivity index is 3.85. The van der Waals surface area contributed by atoms with E-state index in [2.05, 4.69) is 0 Å². The molecule has 0 saturated carbocycles. The van der Waals surface area contributed by atoms with Crippen LogP contribution in [0.1, 0.15) is 0 Å². The third-order valence-corrected chi connectivity index (χ3v) is 0.750. The minimum atomic E-state index is -4.16. The second-order valence-electron chi connectivity index (χ2n) is 0.658. The maximum Gasteiger partial charge on any atom is 0.363 e. The first-order chi connectivity index (χ1) is 2.56. The van der Waals surface area contributed by atoms with Crippen LogP contribution < -0.4 is 4.72 Å². The van der Waals surface area contributed by atoms with Crippen LogP contribution in [0.25, 0.3) is 0 Å². The topological polar surface area (TPSA) is 66.1 Å². The molecule has 4 nitrogen and oxygen atoms in total. The van der Waals surface area contributed by atoms with E-state index in [4.69, 9.17) is 0 Å². The molecule has 0 unspecified atom stereocenters. The first-order valence-corrected chi connectivity index (χ1v) is 2.61. The number of nitrogens with one attached hydrogen (secondary N) is 1. The average Bonchev–Trinajstić information content (AvgIpc) is 1.35. The molecular weight excluding hydrogens is 106 g/mol. The third kappa shape index (κ3) is 3.87. The van der Waals surface area contributed by atoms with Crippen molar-refractivity contribution in [1.29, 1.82) is 0 Å². The zero-order valence-electron chi connectivity index (χ0n) is 3.13. The van der Waals surface area contributed by atoms with Crippen molar-refractivity contribution in [1.82, 2.24) is 4.72 Å². The molecule has 0 saturated heterocycles.